The number of nitrogens with one attached hydrogen (secondary N) is 1. The van der Waals surface area contributed by atoms with Crippen molar-refractivity contribution in [3.63, 3.8) is 0 Å². The van der Waals surface area contributed by atoms with Crippen LogP contribution in [0.1, 0.15) is 0 Å². The Morgan fingerprint density at radius 2 is 2.17 bits per heavy atom. The number of hydrogen-bond acceptors (Lipinski definition) is 3. The summed E-state index contributed by atoms with van der Waals surface area (Å²) in [5, 5.41) is -0.0922. The monoisotopic (exact) mass is 333 g/mol. The molecule has 1 heterocycles. The van der Waals surface area contributed by atoms with E-state index in [1.165, 1.54) is 35.3 Å². The zero-order valence-corrected chi connectivity index (χ0v) is 11.7. The third-order valence-electron chi connectivity index (χ3n) is 2.13. The lowest BCUT2D eigenvalue weighted by atomic mass is 10.3. The first-order valence-electron chi connectivity index (χ1n) is 4.84. The topological polar surface area (TPSA) is 64.0 Å². The van der Waals surface area contributed by atoms with Gasteiger partial charge < -0.3 is 4.57 Å². The van der Waals surface area contributed by atoms with Crippen LogP contribution < -0.4 is 4.72 Å². The normalized spacial score (nSPS) is 11.5. The van der Waals surface area contributed by atoms with E-state index in [0.717, 1.165) is 0 Å². The van der Waals surface area contributed by atoms with E-state index in [2.05, 4.69) is 25.6 Å². The molecule has 18 heavy (non-hydrogen) atoms. The smallest absolute Gasteiger partial charge is 0.280 e. The predicted octanol–water partition coefficient (Wildman–Crippen LogP) is 2.12. The molecule has 8 heteroatoms. The zero-order valence-electron chi connectivity index (χ0n) is 9.26. The van der Waals surface area contributed by atoms with Gasteiger partial charge in [0.05, 0.1) is 16.5 Å². The molecule has 2 aromatic rings. The van der Waals surface area contributed by atoms with Crippen molar-refractivity contribution in [1.82, 2.24) is 9.55 Å². The van der Waals surface area contributed by atoms with Crippen LogP contribution in [0.25, 0.3) is 0 Å². The van der Waals surface area contributed by atoms with E-state index < -0.39 is 15.8 Å². The Labute approximate surface area is 112 Å². The van der Waals surface area contributed by atoms with Crippen molar-refractivity contribution in [1.29, 1.82) is 0 Å². The number of anilines is 1. The van der Waals surface area contributed by atoms with E-state index in [-0.39, 0.29) is 15.2 Å². The largest absolute Gasteiger partial charge is 0.339 e. The molecule has 5 nitrogen and oxygen atoms in total. The van der Waals surface area contributed by atoms with Crippen LogP contribution in [-0.4, -0.2) is 18.0 Å². The number of halogens is 2. The SMILES string of the molecule is Cn1cnc(S(=O)(=O)Nc2ccc(F)c(Br)c2)c1. The van der Waals surface area contributed by atoms with Crippen molar-refractivity contribution in [2.45, 2.75) is 5.03 Å². The van der Waals surface area contributed by atoms with Crippen LogP contribution in [0.3, 0.4) is 0 Å². The maximum Gasteiger partial charge on any atom is 0.280 e. The predicted molar refractivity (Wildman–Crippen MR) is 68.1 cm³/mol. The van der Waals surface area contributed by atoms with E-state index in [1.807, 2.05) is 0 Å². The fourth-order valence-corrected chi connectivity index (χ4v) is 2.71. The summed E-state index contributed by atoms with van der Waals surface area (Å²) >= 11 is 2.98. The van der Waals surface area contributed by atoms with Crippen LogP contribution in [0.5, 0.6) is 0 Å². The average molecular weight is 334 g/mol. The molecule has 0 spiro atoms. The lowest BCUT2D eigenvalue weighted by molar-refractivity contribution is 0.598. The number of aryl methyl sites for hydroxylation is 1. The molecule has 0 saturated heterocycles. The Hall–Kier alpha value is -1.41. The summed E-state index contributed by atoms with van der Waals surface area (Å²) in [5.41, 5.74) is 0.258. The zero-order chi connectivity index (χ0) is 13.3. The number of aromatic nitrogens is 2. The molecule has 0 aliphatic rings. The fourth-order valence-electron chi connectivity index (χ4n) is 1.29. The van der Waals surface area contributed by atoms with E-state index in [9.17, 15) is 12.8 Å². The number of nitrogens with zero attached hydrogens (tertiary/aromatic N) is 2. The summed E-state index contributed by atoms with van der Waals surface area (Å²) in [6, 6.07) is 3.84. The quantitative estimate of drug-likeness (QED) is 0.935. The Morgan fingerprint density at radius 1 is 1.44 bits per heavy atom. The molecular weight excluding hydrogens is 325 g/mol. The van der Waals surface area contributed by atoms with Crippen molar-refractivity contribution < 1.29 is 12.8 Å². The molecule has 0 aliphatic heterocycles. The Bertz CT molecular complexity index is 684. The highest BCUT2D eigenvalue weighted by Crippen LogP contribution is 2.22. The van der Waals surface area contributed by atoms with Crippen molar-refractivity contribution >= 4 is 31.6 Å². The summed E-state index contributed by atoms with van der Waals surface area (Å²) in [5.74, 6) is -0.462. The van der Waals surface area contributed by atoms with Gasteiger partial charge in [0.15, 0.2) is 5.03 Å². The molecule has 0 amide bonds. The van der Waals surface area contributed by atoms with Crippen LogP contribution in [0.15, 0.2) is 40.2 Å². The van der Waals surface area contributed by atoms with Gasteiger partial charge in [-0.2, -0.15) is 8.42 Å². The highest BCUT2D eigenvalue weighted by molar-refractivity contribution is 9.10. The van der Waals surface area contributed by atoms with Gasteiger partial charge in [-0.3, -0.25) is 4.72 Å². The molecule has 1 aromatic carbocycles. The van der Waals surface area contributed by atoms with Gasteiger partial charge in [-0.15, -0.1) is 0 Å². The van der Waals surface area contributed by atoms with Gasteiger partial charge in [0.25, 0.3) is 10.0 Å². The second kappa shape index (κ2) is 4.69. The summed E-state index contributed by atoms with van der Waals surface area (Å²) in [6.45, 7) is 0. The van der Waals surface area contributed by atoms with Gasteiger partial charge in [-0.1, -0.05) is 0 Å². The number of benzene rings is 1. The molecular formula is C10H9BrFN3O2S. The minimum absolute atomic E-state index is 0.0922. The highest BCUT2D eigenvalue weighted by Gasteiger charge is 2.17. The molecule has 0 bridgehead atoms. The minimum Gasteiger partial charge on any atom is -0.339 e. The minimum atomic E-state index is -3.75. The first-order chi connectivity index (χ1) is 8.38. The molecule has 0 aliphatic carbocycles. The lowest BCUT2D eigenvalue weighted by Gasteiger charge is -2.06. The molecule has 1 aromatic heterocycles. The maximum absolute atomic E-state index is 13.0. The Balaban J connectivity index is 2.30. The van der Waals surface area contributed by atoms with Gasteiger partial charge in [-0.25, -0.2) is 9.37 Å². The first kappa shape index (κ1) is 13.0. The van der Waals surface area contributed by atoms with Gasteiger partial charge in [0.2, 0.25) is 0 Å². The summed E-state index contributed by atoms with van der Waals surface area (Å²) < 4.78 is 40.9. The third kappa shape index (κ3) is 2.70. The summed E-state index contributed by atoms with van der Waals surface area (Å²) in [6.07, 6.45) is 2.76. The molecule has 0 atom stereocenters. The Kier molecular flexibility index (Phi) is 3.40. The van der Waals surface area contributed by atoms with E-state index in [4.69, 9.17) is 0 Å². The second-order valence-corrected chi connectivity index (χ2v) is 6.10. The molecule has 0 radical (unpaired) electrons. The van der Waals surface area contributed by atoms with E-state index in [1.54, 1.807) is 7.05 Å². The Morgan fingerprint density at radius 3 is 2.72 bits per heavy atom. The summed E-state index contributed by atoms with van der Waals surface area (Å²) in [4.78, 5) is 3.75. The van der Waals surface area contributed by atoms with Crippen LogP contribution in [-0.2, 0) is 17.1 Å². The third-order valence-corrected chi connectivity index (χ3v) is 4.00. The molecule has 2 rings (SSSR count). The van der Waals surface area contributed by atoms with Crippen molar-refractivity contribution in [2.24, 2.45) is 7.05 Å². The average Bonchev–Trinajstić information content (AvgIpc) is 2.71. The van der Waals surface area contributed by atoms with Gasteiger partial charge in [0.1, 0.15) is 5.82 Å². The van der Waals surface area contributed by atoms with Crippen molar-refractivity contribution in [3.05, 3.63) is 41.0 Å². The van der Waals surface area contributed by atoms with Crippen molar-refractivity contribution in [2.75, 3.05) is 4.72 Å². The maximum atomic E-state index is 13.0. The van der Waals surface area contributed by atoms with Crippen LogP contribution >= 0.6 is 15.9 Å². The van der Waals surface area contributed by atoms with Crippen molar-refractivity contribution in [3.8, 4) is 0 Å². The second-order valence-electron chi connectivity index (χ2n) is 3.61. The number of rotatable bonds is 3. The number of imidazole rings is 1. The van der Waals surface area contributed by atoms with Crippen LogP contribution in [0.2, 0.25) is 0 Å². The van der Waals surface area contributed by atoms with Crippen LogP contribution in [0.4, 0.5) is 10.1 Å². The molecule has 1 N–H and O–H groups in total. The number of hydrogen-bond donors (Lipinski definition) is 1. The first-order valence-corrected chi connectivity index (χ1v) is 7.12. The van der Waals surface area contributed by atoms with E-state index in [0.29, 0.717) is 0 Å². The summed E-state index contributed by atoms with van der Waals surface area (Å²) in [7, 11) is -2.08. The van der Waals surface area contributed by atoms with E-state index >= 15 is 0 Å². The lowest BCUT2D eigenvalue weighted by Crippen LogP contribution is -2.13. The standard InChI is InChI=1S/C10H9BrFN3O2S/c1-15-5-10(13-6-15)18(16,17)14-7-2-3-9(12)8(11)4-7/h2-6,14H,1H3. The molecule has 0 fully saturated rings. The molecule has 0 saturated carbocycles. The highest BCUT2D eigenvalue weighted by atomic mass is 79.9. The fraction of sp³-hybridized carbons (Fsp3) is 0.100. The van der Waals surface area contributed by atoms with Gasteiger partial charge in [0, 0.05) is 13.2 Å². The van der Waals surface area contributed by atoms with Gasteiger partial charge >= 0.3 is 0 Å². The number of sulfonamides is 1. The molecule has 0 unspecified atom stereocenters. The van der Waals surface area contributed by atoms with Gasteiger partial charge in [-0.05, 0) is 34.1 Å². The molecule has 96 valence electrons. The van der Waals surface area contributed by atoms with Crippen LogP contribution in [0, 0.1) is 5.82 Å².